The number of hydrogen-bond acceptors (Lipinski definition) is 8. The number of piperazine rings is 1. The molecule has 4 N–H and O–H groups in total. The molecule has 0 aromatic heterocycles. The summed E-state index contributed by atoms with van der Waals surface area (Å²) in [5.74, 6) is -1.98. The summed E-state index contributed by atoms with van der Waals surface area (Å²) in [5, 5.41) is 18.0. The molecule has 3 amide bonds. The average molecular weight is 553 g/mol. The Balaban J connectivity index is 1.28. The van der Waals surface area contributed by atoms with Gasteiger partial charge in [0.1, 0.15) is 18.2 Å². The van der Waals surface area contributed by atoms with Gasteiger partial charge in [0.25, 0.3) is 0 Å². The molecule has 1 aliphatic heterocycles. The van der Waals surface area contributed by atoms with Gasteiger partial charge >= 0.3 is 18.2 Å². The lowest BCUT2D eigenvalue weighted by Crippen LogP contribution is -2.63. The molecule has 11 heteroatoms. The van der Waals surface area contributed by atoms with Crippen LogP contribution in [0.1, 0.15) is 50.7 Å². The lowest BCUT2D eigenvalue weighted by atomic mass is 9.98. The van der Waals surface area contributed by atoms with Crippen LogP contribution in [0.15, 0.2) is 48.5 Å². The van der Waals surface area contributed by atoms with Crippen molar-refractivity contribution in [1.82, 2.24) is 20.9 Å². The number of nitrogens with zero attached hydrogens (tertiary/aromatic N) is 1. The van der Waals surface area contributed by atoms with Gasteiger partial charge in [0.05, 0.1) is 6.17 Å². The van der Waals surface area contributed by atoms with Gasteiger partial charge < -0.3 is 19.9 Å². The van der Waals surface area contributed by atoms with Gasteiger partial charge in [-0.3, -0.25) is 25.1 Å². The highest BCUT2D eigenvalue weighted by Gasteiger charge is 2.34. The van der Waals surface area contributed by atoms with Gasteiger partial charge in [0, 0.05) is 32.0 Å². The van der Waals surface area contributed by atoms with Gasteiger partial charge in [-0.05, 0) is 49.4 Å². The molecule has 1 aliphatic carbocycles. The Labute approximate surface area is 233 Å². The molecule has 2 aromatic rings. The number of benzene rings is 2. The number of imide groups is 1. The molecule has 0 radical (unpaired) electrons. The summed E-state index contributed by atoms with van der Waals surface area (Å²) < 4.78 is 10.8. The molecule has 214 valence electrons. The molecule has 2 aliphatic rings. The number of fused-ring (bicyclic) bond motifs is 3. The lowest BCUT2D eigenvalue weighted by Gasteiger charge is -2.38. The number of rotatable bonds is 8. The van der Waals surface area contributed by atoms with E-state index in [-0.39, 0.29) is 25.4 Å². The molecule has 1 heterocycles. The van der Waals surface area contributed by atoms with Crippen molar-refractivity contribution < 1.29 is 33.8 Å². The van der Waals surface area contributed by atoms with E-state index in [1.807, 2.05) is 48.5 Å². The van der Waals surface area contributed by atoms with Crippen LogP contribution in [0.25, 0.3) is 11.1 Å². The summed E-state index contributed by atoms with van der Waals surface area (Å²) in [4.78, 5) is 50.9. The molecule has 4 rings (SSSR count). The normalized spacial score (nSPS) is 17.4. The van der Waals surface area contributed by atoms with Crippen LogP contribution < -0.4 is 16.0 Å². The third-order valence-corrected chi connectivity index (χ3v) is 6.81. The van der Waals surface area contributed by atoms with Crippen molar-refractivity contribution in [2.75, 3.05) is 26.2 Å². The summed E-state index contributed by atoms with van der Waals surface area (Å²) >= 11 is 0. The van der Waals surface area contributed by atoms with Crippen LogP contribution in [0.4, 0.5) is 9.59 Å². The average Bonchev–Trinajstić information content (AvgIpc) is 3.22. The Morgan fingerprint density at radius 3 is 2.27 bits per heavy atom. The first-order valence-corrected chi connectivity index (χ1v) is 13.4. The maximum Gasteiger partial charge on any atom is 0.413 e. The maximum atomic E-state index is 12.6. The summed E-state index contributed by atoms with van der Waals surface area (Å²) in [6, 6.07) is 14.7. The van der Waals surface area contributed by atoms with Gasteiger partial charge in [-0.2, -0.15) is 0 Å². The first-order valence-electron chi connectivity index (χ1n) is 13.4. The Bertz CT molecular complexity index is 1210. The zero-order valence-electron chi connectivity index (χ0n) is 22.9. The zero-order chi connectivity index (χ0) is 28.9. The van der Waals surface area contributed by atoms with Crippen molar-refractivity contribution in [1.29, 1.82) is 0 Å². The number of carbonyl (C=O) groups is 4. The molecule has 40 heavy (non-hydrogen) atoms. The number of carboxylic acids is 1. The fourth-order valence-electron chi connectivity index (χ4n) is 4.99. The predicted octanol–water partition coefficient (Wildman–Crippen LogP) is 3.04. The van der Waals surface area contributed by atoms with E-state index in [1.165, 1.54) is 4.90 Å². The van der Waals surface area contributed by atoms with E-state index in [4.69, 9.17) is 9.47 Å². The minimum Gasteiger partial charge on any atom is -0.480 e. The number of alkyl carbamates (subject to hydrolysis) is 1. The van der Waals surface area contributed by atoms with E-state index in [1.54, 1.807) is 20.8 Å². The second kappa shape index (κ2) is 12.5. The van der Waals surface area contributed by atoms with E-state index >= 15 is 0 Å². The summed E-state index contributed by atoms with van der Waals surface area (Å²) in [7, 11) is 0. The van der Waals surface area contributed by atoms with Crippen LogP contribution in [0.3, 0.4) is 0 Å². The summed E-state index contributed by atoms with van der Waals surface area (Å²) in [6.45, 7) is 6.51. The molecule has 11 nitrogen and oxygen atoms in total. The largest absolute Gasteiger partial charge is 0.480 e. The van der Waals surface area contributed by atoms with Crippen molar-refractivity contribution >= 4 is 24.1 Å². The highest BCUT2D eigenvalue weighted by molar-refractivity contribution is 5.92. The Morgan fingerprint density at radius 1 is 1.05 bits per heavy atom. The van der Waals surface area contributed by atoms with Gasteiger partial charge in [0.15, 0.2) is 0 Å². The molecule has 1 saturated heterocycles. The molecular formula is C29H36N4O7. The number of carbonyl (C=O) groups excluding carboxylic acids is 3. The minimum atomic E-state index is -1.18. The van der Waals surface area contributed by atoms with Crippen LogP contribution in [0, 0.1) is 0 Å². The highest BCUT2D eigenvalue weighted by Crippen LogP contribution is 2.44. The maximum absolute atomic E-state index is 12.6. The van der Waals surface area contributed by atoms with Crippen molar-refractivity contribution in [3.63, 3.8) is 0 Å². The van der Waals surface area contributed by atoms with E-state index in [2.05, 4.69) is 16.0 Å². The van der Waals surface area contributed by atoms with Crippen LogP contribution in [-0.2, 0) is 19.1 Å². The first-order chi connectivity index (χ1) is 19.0. The second-order valence-electron chi connectivity index (χ2n) is 10.9. The van der Waals surface area contributed by atoms with E-state index in [9.17, 15) is 24.3 Å². The summed E-state index contributed by atoms with van der Waals surface area (Å²) in [6.07, 6.45) is -2.42. The van der Waals surface area contributed by atoms with E-state index in [0.29, 0.717) is 19.6 Å². The van der Waals surface area contributed by atoms with Crippen LogP contribution in [0.2, 0.25) is 0 Å². The van der Waals surface area contributed by atoms with Crippen molar-refractivity contribution in [3.05, 3.63) is 59.7 Å². The number of aliphatic carboxylic acids is 1. The Morgan fingerprint density at radius 2 is 1.68 bits per heavy atom. The number of nitrogens with one attached hydrogen (secondary N) is 3. The quantitative estimate of drug-likeness (QED) is 0.388. The molecular weight excluding hydrogens is 516 g/mol. The molecule has 2 atom stereocenters. The van der Waals surface area contributed by atoms with Crippen LogP contribution in [0.5, 0.6) is 0 Å². The topological polar surface area (TPSA) is 146 Å². The molecule has 1 fully saturated rings. The van der Waals surface area contributed by atoms with Crippen LogP contribution in [-0.4, -0.2) is 78.1 Å². The number of carboxylic acid groups (broad SMARTS) is 1. The standard InChI is InChI=1S/C29H36N4O7/c1-29(2,3)40-28(38)33-15-14-30-16-24(33)31-23(26(35)36)12-13-25(34)32-27(37)39-17-22-20-10-6-4-8-18(20)19-9-5-7-11-21(19)22/h4-11,22-24,30-31H,12-17H2,1-3H3,(H,35,36)(H,32,34,37)/t23-,24?/m0/s1. The highest BCUT2D eigenvalue weighted by atomic mass is 16.6. The van der Waals surface area contributed by atoms with E-state index in [0.717, 1.165) is 22.3 Å². The Kier molecular flexibility index (Phi) is 9.06. The monoisotopic (exact) mass is 552 g/mol. The number of ether oxygens (including phenoxy) is 2. The fourth-order valence-corrected chi connectivity index (χ4v) is 4.99. The molecule has 0 saturated carbocycles. The lowest BCUT2D eigenvalue weighted by molar-refractivity contribution is -0.140. The van der Waals surface area contributed by atoms with Gasteiger partial charge in [-0.1, -0.05) is 48.5 Å². The first kappa shape index (κ1) is 29.0. The molecule has 0 bridgehead atoms. The number of amides is 3. The summed E-state index contributed by atoms with van der Waals surface area (Å²) in [5.41, 5.74) is 3.59. The minimum absolute atomic E-state index is 0.0572. The zero-order valence-corrected chi connectivity index (χ0v) is 22.9. The predicted molar refractivity (Wildman–Crippen MR) is 147 cm³/mol. The third kappa shape index (κ3) is 7.16. The van der Waals surface area contributed by atoms with Gasteiger partial charge in [0.2, 0.25) is 5.91 Å². The van der Waals surface area contributed by atoms with Crippen molar-refractivity contribution in [2.24, 2.45) is 0 Å². The third-order valence-electron chi connectivity index (χ3n) is 6.81. The van der Waals surface area contributed by atoms with Gasteiger partial charge in [-0.15, -0.1) is 0 Å². The SMILES string of the molecule is CC(C)(C)OC(=O)N1CCNCC1N[C@@H](CCC(=O)NC(=O)OCC1c2ccccc2-c2ccccc21)C(=O)O. The second-order valence-corrected chi connectivity index (χ2v) is 10.9. The molecule has 1 unspecified atom stereocenters. The smallest absolute Gasteiger partial charge is 0.413 e. The van der Waals surface area contributed by atoms with E-state index < -0.39 is 41.9 Å². The van der Waals surface area contributed by atoms with Crippen LogP contribution >= 0.6 is 0 Å². The number of hydrogen-bond donors (Lipinski definition) is 4. The molecule has 0 spiro atoms. The van der Waals surface area contributed by atoms with Crippen molar-refractivity contribution in [2.45, 2.75) is 57.3 Å². The van der Waals surface area contributed by atoms with Crippen molar-refractivity contribution in [3.8, 4) is 11.1 Å². The fraction of sp³-hybridized carbons (Fsp3) is 0.448. The Hall–Kier alpha value is -3.96. The molecule has 2 aromatic carbocycles. The van der Waals surface area contributed by atoms with Gasteiger partial charge in [-0.25, -0.2) is 9.59 Å².